The summed E-state index contributed by atoms with van der Waals surface area (Å²) in [5.41, 5.74) is -1.43. The summed E-state index contributed by atoms with van der Waals surface area (Å²) in [4.78, 5) is 9.88. The first kappa shape index (κ1) is 21.1. The van der Waals surface area contributed by atoms with Gasteiger partial charge in [0.25, 0.3) is 0 Å². The summed E-state index contributed by atoms with van der Waals surface area (Å²) in [7, 11) is 0. The molecule has 0 aromatic heterocycles. The maximum absolute atomic E-state index is 12.9. The number of hydrogen-bond acceptors (Lipinski definition) is 3. The van der Waals surface area contributed by atoms with Crippen LogP contribution in [-0.2, 0) is 11.0 Å². The van der Waals surface area contributed by atoms with Crippen molar-refractivity contribution in [1.29, 1.82) is 0 Å². The fraction of sp³-hybridized carbons (Fsp3) is 0.300. The number of halogens is 7. The molecule has 0 bridgehead atoms. The number of carboxylic acid groups (broad SMARTS) is 1. The van der Waals surface area contributed by atoms with E-state index in [0.29, 0.717) is 18.2 Å². The van der Waals surface area contributed by atoms with Gasteiger partial charge in [0.15, 0.2) is 0 Å². The third-order valence-electron chi connectivity index (χ3n) is 2.03. The number of alkyl halides is 7. The first-order valence-corrected chi connectivity index (χ1v) is 4.71. The van der Waals surface area contributed by atoms with Crippen molar-refractivity contribution in [2.24, 2.45) is 0 Å². The third kappa shape index (κ3) is 5.03. The maximum atomic E-state index is 12.9. The van der Waals surface area contributed by atoms with Crippen LogP contribution < -0.4 is 78.7 Å². The van der Waals surface area contributed by atoms with E-state index in [2.05, 4.69) is 4.74 Å². The molecule has 11 heteroatoms. The van der Waals surface area contributed by atoms with Gasteiger partial charge in [-0.25, -0.2) is 0 Å². The summed E-state index contributed by atoms with van der Waals surface area (Å²) in [5.74, 6) is -10.4. The van der Waals surface area contributed by atoms with Gasteiger partial charge in [-0.15, -0.1) is 0 Å². The van der Waals surface area contributed by atoms with Crippen molar-refractivity contribution in [3.8, 4) is 5.75 Å². The molecule has 0 spiro atoms. The van der Waals surface area contributed by atoms with E-state index in [0.717, 1.165) is 0 Å². The Hall–Kier alpha value is 0.0519. The van der Waals surface area contributed by atoms with E-state index in [1.165, 1.54) is 0 Å². The molecule has 0 atom stereocenters. The van der Waals surface area contributed by atoms with Crippen molar-refractivity contribution in [1.82, 2.24) is 0 Å². The molecule has 3 nitrogen and oxygen atoms in total. The van der Waals surface area contributed by atoms with Gasteiger partial charge in [-0.1, -0.05) is 6.07 Å². The SMILES string of the molecule is O=C([O-])C(F)(F)C(F)(F)Oc1cccc(C(F)(F)F)c1.[Cs+]. The predicted molar refractivity (Wildman–Crippen MR) is 47.0 cm³/mol. The average Bonchev–Trinajstić information content (AvgIpc) is 2.27. The van der Waals surface area contributed by atoms with E-state index in [1.807, 2.05) is 0 Å². The smallest absolute Gasteiger partial charge is 0.544 e. The number of aliphatic carboxylic acids is 1. The van der Waals surface area contributed by atoms with E-state index < -0.39 is 35.5 Å². The summed E-state index contributed by atoms with van der Waals surface area (Å²) in [6, 6.07) is 1.68. The van der Waals surface area contributed by atoms with E-state index in [1.54, 1.807) is 0 Å². The number of ether oxygens (including phenoxy) is 1. The largest absolute Gasteiger partial charge is 1.00 e. The van der Waals surface area contributed by atoms with E-state index in [9.17, 15) is 40.6 Å². The van der Waals surface area contributed by atoms with Gasteiger partial charge in [0, 0.05) is 0 Å². The Morgan fingerprint density at radius 3 is 2.00 bits per heavy atom. The Bertz CT molecular complexity index is 516. The van der Waals surface area contributed by atoms with Gasteiger partial charge in [0.1, 0.15) is 11.7 Å². The van der Waals surface area contributed by atoms with Crippen molar-refractivity contribution in [2.75, 3.05) is 0 Å². The van der Waals surface area contributed by atoms with Crippen LogP contribution in [0.25, 0.3) is 0 Å². The molecule has 0 fully saturated rings. The van der Waals surface area contributed by atoms with Gasteiger partial charge in [0.05, 0.1) is 5.56 Å². The van der Waals surface area contributed by atoms with Crippen LogP contribution in [0.2, 0.25) is 0 Å². The molecule has 1 aromatic carbocycles. The zero-order valence-electron chi connectivity index (χ0n) is 10.2. The molecule has 0 saturated carbocycles. The van der Waals surface area contributed by atoms with Crippen LogP contribution in [0, 0.1) is 0 Å². The molecule has 0 saturated heterocycles. The molecule has 0 aliphatic rings. The maximum Gasteiger partial charge on any atom is 1.00 e. The molecule has 0 N–H and O–H groups in total. The minimum atomic E-state index is -5.71. The summed E-state index contributed by atoms with van der Waals surface area (Å²) >= 11 is 0. The molecule has 0 radical (unpaired) electrons. The second-order valence-corrected chi connectivity index (χ2v) is 3.51. The predicted octanol–water partition coefficient (Wildman–Crippen LogP) is -0.934. The number of carboxylic acids is 1. The number of benzene rings is 1. The van der Waals surface area contributed by atoms with Gasteiger partial charge in [0.2, 0.25) is 0 Å². The Balaban J connectivity index is 0.00000400. The summed E-state index contributed by atoms with van der Waals surface area (Å²) in [5, 5.41) is 9.88. The summed E-state index contributed by atoms with van der Waals surface area (Å²) in [6.45, 7) is 0. The second kappa shape index (κ2) is 7.08. The third-order valence-corrected chi connectivity index (χ3v) is 2.03. The molecule has 0 unspecified atom stereocenters. The van der Waals surface area contributed by atoms with Gasteiger partial charge < -0.3 is 14.6 Å². The average molecular weight is 438 g/mol. The Kier molecular flexibility index (Phi) is 7.10. The molecule has 1 rings (SSSR count). The van der Waals surface area contributed by atoms with E-state index in [4.69, 9.17) is 0 Å². The molecule has 0 aliphatic heterocycles. The summed E-state index contributed by atoms with van der Waals surface area (Å²) in [6.07, 6.45) is -10.5. The van der Waals surface area contributed by atoms with Crippen LogP contribution in [0.4, 0.5) is 30.7 Å². The van der Waals surface area contributed by atoms with Gasteiger partial charge in [-0.3, -0.25) is 0 Å². The zero-order valence-corrected chi connectivity index (χ0v) is 16.5. The second-order valence-electron chi connectivity index (χ2n) is 3.51. The summed E-state index contributed by atoms with van der Waals surface area (Å²) < 4.78 is 91.1. The first-order valence-electron chi connectivity index (χ1n) is 4.71. The van der Waals surface area contributed by atoms with Crippen LogP contribution in [0.3, 0.4) is 0 Å². The van der Waals surface area contributed by atoms with Gasteiger partial charge in [-0.2, -0.15) is 30.7 Å². The van der Waals surface area contributed by atoms with Crippen LogP contribution in [0.1, 0.15) is 5.56 Å². The molecule has 1 aromatic rings. The van der Waals surface area contributed by atoms with Crippen LogP contribution in [-0.4, -0.2) is 18.0 Å². The monoisotopic (exact) mass is 438 g/mol. The van der Waals surface area contributed by atoms with Crippen molar-refractivity contribution in [2.45, 2.75) is 18.2 Å². The number of carbonyl (C=O) groups excluding carboxylic acids is 1. The number of rotatable bonds is 4. The van der Waals surface area contributed by atoms with Gasteiger partial charge in [-0.05, 0) is 18.2 Å². The number of carbonyl (C=O) groups is 1. The fourth-order valence-electron chi connectivity index (χ4n) is 1.07. The molecule has 0 aliphatic carbocycles. The molecule has 112 valence electrons. The molecule has 0 heterocycles. The van der Waals surface area contributed by atoms with Gasteiger partial charge >= 0.3 is 87.1 Å². The zero-order chi connectivity index (χ0) is 15.8. The molecule has 21 heavy (non-hydrogen) atoms. The van der Waals surface area contributed by atoms with Crippen molar-refractivity contribution in [3.05, 3.63) is 29.8 Å². The normalized spacial score (nSPS) is 12.5. The minimum absolute atomic E-state index is 0. The Morgan fingerprint density at radius 2 is 1.57 bits per heavy atom. The molecular formula is C10H4CsF7O3. The van der Waals surface area contributed by atoms with Crippen molar-refractivity contribution in [3.63, 3.8) is 0 Å². The van der Waals surface area contributed by atoms with Crippen LogP contribution in [0.5, 0.6) is 5.75 Å². The van der Waals surface area contributed by atoms with E-state index >= 15 is 0 Å². The standard InChI is InChI=1S/C10H5F7O3.Cs/c11-8(12,7(18)19)10(16,17)20-6-3-1-2-5(4-6)9(13,14)15;/h1-4H,(H,18,19);/q;+1/p-1. The first-order chi connectivity index (χ1) is 8.88. The topological polar surface area (TPSA) is 49.4 Å². The van der Waals surface area contributed by atoms with Crippen molar-refractivity contribution < 1.29 is 114 Å². The Labute approximate surface area is 171 Å². The van der Waals surface area contributed by atoms with Crippen LogP contribution in [0.15, 0.2) is 24.3 Å². The van der Waals surface area contributed by atoms with Crippen LogP contribution >= 0.6 is 0 Å². The molecular weight excluding hydrogens is 434 g/mol. The quantitative estimate of drug-likeness (QED) is 0.572. The fourth-order valence-corrected chi connectivity index (χ4v) is 1.07. The number of hydrogen-bond donors (Lipinski definition) is 0. The van der Waals surface area contributed by atoms with E-state index in [-0.39, 0.29) is 75.0 Å². The molecule has 0 amide bonds. The van der Waals surface area contributed by atoms with Crippen molar-refractivity contribution >= 4 is 5.97 Å². The minimum Gasteiger partial charge on any atom is -0.544 e. The Morgan fingerprint density at radius 1 is 1.05 bits per heavy atom.